The van der Waals surface area contributed by atoms with E-state index in [0.29, 0.717) is 0 Å². The van der Waals surface area contributed by atoms with Crippen molar-refractivity contribution in [2.75, 3.05) is 25.2 Å². The van der Waals surface area contributed by atoms with Gasteiger partial charge in [0.1, 0.15) is 0 Å². The molecule has 1 heteroatoms. The molecule has 0 fully saturated rings. The highest BCUT2D eigenvalue weighted by Crippen LogP contribution is 2.57. The lowest BCUT2D eigenvalue weighted by molar-refractivity contribution is 0.625. The molecule has 0 unspecified atom stereocenters. The lowest BCUT2D eigenvalue weighted by atomic mass is 10.1. The van der Waals surface area contributed by atoms with E-state index in [2.05, 4.69) is 27.4 Å². The van der Waals surface area contributed by atoms with Crippen molar-refractivity contribution in [1.29, 1.82) is 0 Å². The maximum atomic E-state index is 2.66. The van der Waals surface area contributed by atoms with Crippen molar-refractivity contribution in [1.82, 2.24) is 0 Å². The molecule has 0 aliphatic heterocycles. The van der Waals surface area contributed by atoms with E-state index in [-0.39, 0.29) is 0 Å². The SMILES string of the molecule is CCCCCCCC[P+](C)(CCCC)CCCC. The molecule has 0 aliphatic rings. The number of hydrogen-bond donors (Lipinski definition) is 0. The molecule has 0 spiro atoms. The van der Waals surface area contributed by atoms with Gasteiger partial charge in [-0.25, -0.2) is 0 Å². The van der Waals surface area contributed by atoms with Crippen LogP contribution in [-0.4, -0.2) is 25.2 Å². The summed E-state index contributed by atoms with van der Waals surface area (Å²) in [5, 5.41) is 0. The normalized spacial score (nSPS) is 12.0. The van der Waals surface area contributed by atoms with E-state index in [1.807, 2.05) is 0 Å². The minimum atomic E-state index is -0.558. The van der Waals surface area contributed by atoms with Crippen LogP contribution < -0.4 is 0 Å². The van der Waals surface area contributed by atoms with Gasteiger partial charge in [0.2, 0.25) is 0 Å². The standard InChI is InChI=1S/C17H38P/c1-5-8-11-12-13-14-17-18(4,15-9-6-2)16-10-7-3/h5-17H2,1-4H3/q+1. The van der Waals surface area contributed by atoms with Crippen LogP contribution >= 0.6 is 7.26 Å². The van der Waals surface area contributed by atoms with Crippen LogP contribution in [0.5, 0.6) is 0 Å². The fraction of sp³-hybridized carbons (Fsp3) is 1.00. The first-order valence-corrected chi connectivity index (χ1v) is 11.3. The van der Waals surface area contributed by atoms with Crippen LogP contribution in [-0.2, 0) is 0 Å². The van der Waals surface area contributed by atoms with E-state index in [1.165, 1.54) is 64.2 Å². The highest BCUT2D eigenvalue weighted by Gasteiger charge is 2.28. The predicted octanol–water partition coefficient (Wildman–Crippen LogP) is 6.59. The molecule has 0 N–H and O–H groups in total. The molecule has 0 aliphatic carbocycles. The van der Waals surface area contributed by atoms with Gasteiger partial charge in [0.05, 0.1) is 18.5 Å². The van der Waals surface area contributed by atoms with Gasteiger partial charge in [-0.05, 0) is 25.7 Å². The van der Waals surface area contributed by atoms with Gasteiger partial charge in [0.25, 0.3) is 0 Å². The summed E-state index contributed by atoms with van der Waals surface area (Å²) in [6.07, 6.45) is 19.2. The van der Waals surface area contributed by atoms with Crippen LogP contribution in [0.3, 0.4) is 0 Å². The van der Waals surface area contributed by atoms with Crippen LogP contribution in [0.2, 0.25) is 0 Å². The van der Waals surface area contributed by atoms with E-state index in [1.54, 1.807) is 18.5 Å². The second kappa shape index (κ2) is 12.5. The second-order valence-corrected chi connectivity index (χ2v) is 10.8. The van der Waals surface area contributed by atoms with Crippen molar-refractivity contribution in [3.05, 3.63) is 0 Å². The maximum Gasteiger partial charge on any atom is 0.0591 e. The smallest absolute Gasteiger partial charge is 0.0591 e. The third-order valence-electron chi connectivity index (χ3n) is 4.15. The van der Waals surface area contributed by atoms with Gasteiger partial charge in [-0.15, -0.1) is 0 Å². The van der Waals surface area contributed by atoms with Crippen molar-refractivity contribution < 1.29 is 0 Å². The average molecular weight is 273 g/mol. The van der Waals surface area contributed by atoms with E-state index in [9.17, 15) is 0 Å². The summed E-state index contributed by atoms with van der Waals surface area (Å²) >= 11 is 0. The van der Waals surface area contributed by atoms with E-state index >= 15 is 0 Å². The minimum absolute atomic E-state index is 0.558. The van der Waals surface area contributed by atoms with Gasteiger partial charge in [-0.1, -0.05) is 59.3 Å². The quantitative estimate of drug-likeness (QED) is 0.262. The Bertz CT molecular complexity index is 157. The Labute approximate surface area is 118 Å². The maximum absolute atomic E-state index is 2.66. The first-order chi connectivity index (χ1) is 8.68. The molecule has 0 heterocycles. The summed E-state index contributed by atoms with van der Waals surface area (Å²) in [6, 6.07) is 0. The van der Waals surface area contributed by atoms with E-state index in [0.717, 1.165) is 0 Å². The summed E-state index contributed by atoms with van der Waals surface area (Å²) in [6.45, 7) is 9.65. The summed E-state index contributed by atoms with van der Waals surface area (Å²) in [5.74, 6) is 0. The zero-order chi connectivity index (χ0) is 13.7. The molecule has 0 aromatic carbocycles. The van der Waals surface area contributed by atoms with E-state index in [4.69, 9.17) is 0 Å². The molecule has 0 nitrogen and oxygen atoms in total. The lowest BCUT2D eigenvalue weighted by Crippen LogP contribution is -2.07. The van der Waals surface area contributed by atoms with Gasteiger partial charge in [-0.2, -0.15) is 0 Å². The van der Waals surface area contributed by atoms with Crippen molar-refractivity contribution in [3.63, 3.8) is 0 Å². The van der Waals surface area contributed by atoms with Crippen LogP contribution in [0.15, 0.2) is 0 Å². The van der Waals surface area contributed by atoms with Crippen molar-refractivity contribution in [2.45, 2.75) is 85.0 Å². The fourth-order valence-electron chi connectivity index (χ4n) is 2.69. The van der Waals surface area contributed by atoms with Gasteiger partial charge in [0, 0.05) is 13.9 Å². The molecule has 0 aromatic heterocycles. The molecule has 0 atom stereocenters. The Balaban J connectivity index is 3.77. The number of unbranched alkanes of at least 4 members (excludes halogenated alkanes) is 7. The molecule has 0 saturated heterocycles. The highest BCUT2D eigenvalue weighted by atomic mass is 31.2. The van der Waals surface area contributed by atoms with Crippen LogP contribution in [0.25, 0.3) is 0 Å². The zero-order valence-corrected chi connectivity index (χ0v) is 14.5. The molecule has 0 amide bonds. The molecular weight excluding hydrogens is 235 g/mol. The highest BCUT2D eigenvalue weighted by molar-refractivity contribution is 7.75. The van der Waals surface area contributed by atoms with Gasteiger partial charge < -0.3 is 0 Å². The van der Waals surface area contributed by atoms with Crippen molar-refractivity contribution in [3.8, 4) is 0 Å². The van der Waals surface area contributed by atoms with Crippen LogP contribution in [0.4, 0.5) is 0 Å². The Kier molecular flexibility index (Phi) is 12.8. The minimum Gasteiger partial charge on any atom is -0.0654 e. The van der Waals surface area contributed by atoms with Crippen LogP contribution in [0.1, 0.15) is 85.0 Å². The molecule has 0 aromatic rings. The lowest BCUT2D eigenvalue weighted by Gasteiger charge is -2.23. The molecule has 0 bridgehead atoms. The largest absolute Gasteiger partial charge is 0.0654 e. The van der Waals surface area contributed by atoms with Crippen LogP contribution in [0, 0.1) is 0 Å². The summed E-state index contributed by atoms with van der Waals surface area (Å²) < 4.78 is 0. The number of hydrogen-bond acceptors (Lipinski definition) is 0. The Morgan fingerprint density at radius 3 is 1.39 bits per heavy atom. The summed E-state index contributed by atoms with van der Waals surface area (Å²) in [5.41, 5.74) is 0. The third-order valence-corrected chi connectivity index (χ3v) is 8.34. The molecule has 18 heavy (non-hydrogen) atoms. The van der Waals surface area contributed by atoms with Gasteiger partial charge in [0.15, 0.2) is 0 Å². The molecule has 0 radical (unpaired) electrons. The second-order valence-electron chi connectivity index (χ2n) is 6.27. The monoisotopic (exact) mass is 273 g/mol. The Morgan fingerprint density at radius 2 is 0.889 bits per heavy atom. The summed E-state index contributed by atoms with van der Waals surface area (Å²) in [4.78, 5) is 0. The zero-order valence-electron chi connectivity index (χ0n) is 13.6. The third kappa shape index (κ3) is 10.4. The topological polar surface area (TPSA) is 0 Å². The Morgan fingerprint density at radius 1 is 0.500 bits per heavy atom. The molecule has 110 valence electrons. The molecule has 0 rings (SSSR count). The fourth-order valence-corrected chi connectivity index (χ4v) is 6.51. The molecule has 0 saturated carbocycles. The Hall–Kier alpha value is 0.430. The summed E-state index contributed by atoms with van der Waals surface area (Å²) in [7, 11) is -0.558. The molecular formula is C17H38P+. The first kappa shape index (κ1) is 18.4. The van der Waals surface area contributed by atoms with Gasteiger partial charge >= 0.3 is 0 Å². The number of rotatable bonds is 13. The van der Waals surface area contributed by atoms with Crippen molar-refractivity contribution in [2.24, 2.45) is 0 Å². The average Bonchev–Trinajstić information content (AvgIpc) is 2.38. The van der Waals surface area contributed by atoms with Gasteiger partial charge in [-0.3, -0.25) is 0 Å². The van der Waals surface area contributed by atoms with E-state index < -0.39 is 7.26 Å². The van der Waals surface area contributed by atoms with Crippen molar-refractivity contribution >= 4 is 7.26 Å². The first-order valence-electron chi connectivity index (χ1n) is 8.52. The predicted molar refractivity (Wildman–Crippen MR) is 90.6 cm³/mol.